The van der Waals surface area contributed by atoms with E-state index in [1.165, 1.54) is 0 Å². The second-order valence-electron chi connectivity index (χ2n) is 6.40. The lowest BCUT2D eigenvalue weighted by molar-refractivity contribution is -0.135. The number of carbonyl (C=O) groups is 2. The molecule has 0 bridgehead atoms. The van der Waals surface area contributed by atoms with E-state index >= 15 is 0 Å². The zero-order chi connectivity index (χ0) is 16.4. The van der Waals surface area contributed by atoms with Crippen molar-refractivity contribution < 1.29 is 9.59 Å². The van der Waals surface area contributed by atoms with Gasteiger partial charge in [0.1, 0.15) is 0 Å². The molecule has 1 unspecified atom stereocenters. The number of hydrogen-bond acceptors (Lipinski definition) is 4. The minimum Gasteiger partial charge on any atom is -0.337 e. The van der Waals surface area contributed by atoms with E-state index in [2.05, 4.69) is 10.3 Å². The first-order valence-corrected chi connectivity index (χ1v) is 8.30. The van der Waals surface area contributed by atoms with Crippen LogP contribution in [-0.4, -0.2) is 65.4 Å². The Hall–Kier alpha value is -1.37. The van der Waals surface area contributed by atoms with E-state index in [1.54, 1.807) is 0 Å². The highest BCUT2D eigenvalue weighted by molar-refractivity contribution is 5.95. The van der Waals surface area contributed by atoms with Crippen LogP contribution >= 0.6 is 24.8 Å². The molecule has 6 nitrogen and oxygen atoms in total. The van der Waals surface area contributed by atoms with Crippen molar-refractivity contribution in [3.05, 3.63) is 29.1 Å². The average Bonchev–Trinajstić information content (AvgIpc) is 2.55. The Morgan fingerprint density at radius 2 is 2.00 bits per heavy atom. The number of carbonyl (C=O) groups excluding carboxylic acids is 2. The van der Waals surface area contributed by atoms with Crippen LogP contribution < -0.4 is 5.32 Å². The fourth-order valence-corrected chi connectivity index (χ4v) is 3.48. The summed E-state index contributed by atoms with van der Waals surface area (Å²) in [6.45, 7) is 7.15. The second kappa shape index (κ2) is 9.36. The number of rotatable bonds is 2. The summed E-state index contributed by atoms with van der Waals surface area (Å²) in [4.78, 5) is 33.1. The van der Waals surface area contributed by atoms with Gasteiger partial charge in [0.25, 0.3) is 5.91 Å². The van der Waals surface area contributed by atoms with Crippen LogP contribution in [0.2, 0.25) is 0 Å². The standard InChI is InChI=1S/C17H24N4O2.2ClH/c1-12-5-6-15(13(2)19-12)17(23)20-8-3-4-14(11-20)21-9-7-18-10-16(21)22;;/h5-6,14,18H,3-4,7-11H2,1-2H3;2*1H. The Morgan fingerprint density at radius 1 is 1.24 bits per heavy atom. The highest BCUT2D eigenvalue weighted by atomic mass is 35.5. The molecule has 1 aromatic heterocycles. The maximum absolute atomic E-state index is 12.8. The average molecular weight is 389 g/mol. The van der Waals surface area contributed by atoms with E-state index in [9.17, 15) is 9.59 Å². The molecular formula is C17H26Cl2N4O2. The predicted molar refractivity (Wildman–Crippen MR) is 102 cm³/mol. The molecule has 2 saturated heterocycles. The summed E-state index contributed by atoms with van der Waals surface area (Å²) >= 11 is 0. The fourth-order valence-electron chi connectivity index (χ4n) is 3.48. The van der Waals surface area contributed by atoms with Crippen LogP contribution in [0, 0.1) is 13.8 Å². The largest absolute Gasteiger partial charge is 0.337 e. The molecule has 0 radical (unpaired) electrons. The first-order valence-electron chi connectivity index (χ1n) is 8.30. The second-order valence-corrected chi connectivity index (χ2v) is 6.40. The number of likely N-dealkylation sites (tertiary alicyclic amines) is 1. The molecule has 2 amide bonds. The lowest BCUT2D eigenvalue weighted by atomic mass is 10.0. The first-order chi connectivity index (χ1) is 11.1. The summed E-state index contributed by atoms with van der Waals surface area (Å²) in [5.74, 6) is 0.172. The number of halogens is 2. The minimum absolute atomic E-state index is 0. The minimum atomic E-state index is 0. The summed E-state index contributed by atoms with van der Waals surface area (Å²) < 4.78 is 0. The zero-order valence-electron chi connectivity index (χ0n) is 14.7. The highest BCUT2D eigenvalue weighted by Gasteiger charge is 2.32. The van der Waals surface area contributed by atoms with Crippen LogP contribution in [0.1, 0.15) is 34.6 Å². The smallest absolute Gasteiger partial charge is 0.255 e. The monoisotopic (exact) mass is 388 g/mol. The number of aryl methyl sites for hydroxylation is 2. The molecule has 0 spiro atoms. The van der Waals surface area contributed by atoms with Crippen molar-refractivity contribution in [2.75, 3.05) is 32.7 Å². The van der Waals surface area contributed by atoms with Gasteiger partial charge in [-0.3, -0.25) is 14.6 Å². The van der Waals surface area contributed by atoms with E-state index in [-0.39, 0.29) is 42.7 Å². The molecule has 2 aliphatic heterocycles. The predicted octanol–water partition coefficient (Wildman–Crippen LogP) is 1.58. The van der Waals surface area contributed by atoms with Crippen molar-refractivity contribution >= 4 is 36.6 Å². The van der Waals surface area contributed by atoms with Crippen molar-refractivity contribution in [2.24, 2.45) is 0 Å². The summed E-state index contributed by atoms with van der Waals surface area (Å²) in [5, 5.41) is 3.10. The van der Waals surface area contributed by atoms with Gasteiger partial charge in [0.2, 0.25) is 5.91 Å². The zero-order valence-corrected chi connectivity index (χ0v) is 16.3. The molecule has 1 atom stereocenters. The molecule has 2 fully saturated rings. The number of amides is 2. The van der Waals surface area contributed by atoms with Gasteiger partial charge in [-0.15, -0.1) is 24.8 Å². The van der Waals surface area contributed by atoms with E-state index in [4.69, 9.17) is 0 Å². The van der Waals surface area contributed by atoms with Gasteiger partial charge in [0.15, 0.2) is 0 Å². The van der Waals surface area contributed by atoms with Crippen LogP contribution in [0.3, 0.4) is 0 Å². The van der Waals surface area contributed by atoms with Crippen molar-refractivity contribution in [1.29, 1.82) is 0 Å². The van der Waals surface area contributed by atoms with Gasteiger partial charge in [0.05, 0.1) is 17.8 Å². The Bertz CT molecular complexity index is 627. The summed E-state index contributed by atoms with van der Waals surface area (Å²) in [7, 11) is 0. The third-order valence-corrected chi connectivity index (χ3v) is 4.71. The molecule has 0 aromatic carbocycles. The van der Waals surface area contributed by atoms with Gasteiger partial charge in [-0.25, -0.2) is 0 Å². The Balaban J connectivity index is 0.00000156. The Morgan fingerprint density at radius 3 is 2.68 bits per heavy atom. The molecule has 8 heteroatoms. The van der Waals surface area contributed by atoms with E-state index in [0.29, 0.717) is 18.7 Å². The Labute approximate surface area is 161 Å². The molecular weight excluding hydrogens is 363 g/mol. The van der Waals surface area contributed by atoms with Crippen molar-refractivity contribution in [3.8, 4) is 0 Å². The summed E-state index contributed by atoms with van der Waals surface area (Å²) in [6, 6.07) is 3.88. The van der Waals surface area contributed by atoms with Crippen LogP contribution in [0.5, 0.6) is 0 Å². The van der Waals surface area contributed by atoms with Gasteiger partial charge in [0, 0.05) is 37.9 Å². The molecule has 0 saturated carbocycles. The molecule has 140 valence electrons. The number of piperidine rings is 1. The van der Waals surface area contributed by atoms with Crippen molar-refractivity contribution in [2.45, 2.75) is 32.7 Å². The number of pyridine rings is 1. The quantitative estimate of drug-likeness (QED) is 0.834. The molecule has 3 rings (SSSR count). The number of aromatic nitrogens is 1. The van der Waals surface area contributed by atoms with E-state index in [1.807, 2.05) is 35.8 Å². The van der Waals surface area contributed by atoms with Crippen LogP contribution in [0.4, 0.5) is 0 Å². The number of nitrogens with one attached hydrogen (secondary N) is 1. The van der Waals surface area contributed by atoms with Gasteiger partial charge in [-0.05, 0) is 38.8 Å². The van der Waals surface area contributed by atoms with Crippen LogP contribution in [0.25, 0.3) is 0 Å². The maximum atomic E-state index is 12.8. The molecule has 1 N–H and O–H groups in total. The fraction of sp³-hybridized carbons (Fsp3) is 0.588. The normalized spacial score (nSPS) is 20.6. The SMILES string of the molecule is Cc1ccc(C(=O)N2CCCC(N3CCNCC3=O)C2)c(C)n1.Cl.Cl. The van der Waals surface area contributed by atoms with Gasteiger partial charge in [-0.2, -0.15) is 0 Å². The van der Waals surface area contributed by atoms with Gasteiger partial charge in [-0.1, -0.05) is 0 Å². The van der Waals surface area contributed by atoms with E-state index in [0.717, 1.165) is 43.9 Å². The topological polar surface area (TPSA) is 65.5 Å². The third kappa shape index (κ3) is 4.84. The Kier molecular flexibility index (Phi) is 8.12. The lowest BCUT2D eigenvalue weighted by Gasteiger charge is -2.41. The number of hydrogen-bond donors (Lipinski definition) is 1. The van der Waals surface area contributed by atoms with Crippen LogP contribution in [0.15, 0.2) is 12.1 Å². The van der Waals surface area contributed by atoms with Crippen molar-refractivity contribution in [3.63, 3.8) is 0 Å². The first kappa shape index (κ1) is 21.7. The molecule has 3 heterocycles. The van der Waals surface area contributed by atoms with Gasteiger partial charge >= 0.3 is 0 Å². The summed E-state index contributed by atoms with van der Waals surface area (Å²) in [6.07, 6.45) is 1.91. The lowest BCUT2D eigenvalue weighted by Crippen LogP contribution is -2.57. The highest BCUT2D eigenvalue weighted by Crippen LogP contribution is 2.20. The summed E-state index contributed by atoms with van der Waals surface area (Å²) in [5.41, 5.74) is 2.36. The number of nitrogens with zero attached hydrogens (tertiary/aromatic N) is 3. The third-order valence-electron chi connectivity index (χ3n) is 4.71. The number of piperazine rings is 1. The van der Waals surface area contributed by atoms with Gasteiger partial charge < -0.3 is 15.1 Å². The van der Waals surface area contributed by atoms with E-state index < -0.39 is 0 Å². The molecule has 0 aliphatic carbocycles. The molecule has 1 aromatic rings. The van der Waals surface area contributed by atoms with Crippen LogP contribution in [-0.2, 0) is 4.79 Å². The van der Waals surface area contributed by atoms with Crippen molar-refractivity contribution in [1.82, 2.24) is 20.1 Å². The maximum Gasteiger partial charge on any atom is 0.255 e. The molecule has 2 aliphatic rings. The molecule has 25 heavy (non-hydrogen) atoms.